The molecule has 0 aliphatic heterocycles. The summed E-state index contributed by atoms with van der Waals surface area (Å²) in [6.07, 6.45) is 2.02. The molecule has 6 heteroatoms. The first-order valence-electron chi connectivity index (χ1n) is 6.48. The Morgan fingerprint density at radius 3 is 2.10 bits per heavy atom. The van der Waals surface area contributed by atoms with E-state index in [1.165, 1.54) is 5.56 Å². The molecule has 0 saturated heterocycles. The largest absolute Gasteiger partial charge is 0.385 e. The van der Waals surface area contributed by atoms with E-state index in [-0.39, 0.29) is 0 Å². The monoisotopic (exact) mass is 324 g/mol. The van der Waals surface area contributed by atoms with Crippen molar-refractivity contribution in [3.63, 3.8) is 0 Å². The van der Waals surface area contributed by atoms with Gasteiger partial charge >= 0.3 is 0 Å². The van der Waals surface area contributed by atoms with Crippen LogP contribution in [0.2, 0.25) is 5.02 Å². The van der Waals surface area contributed by atoms with Gasteiger partial charge in [0.25, 0.3) is 0 Å². The SMILES string of the molecule is CS(=O)(=O)Nc1ccc(NCCc2ccc(Cl)cc2)cc1. The average Bonchev–Trinajstić information content (AvgIpc) is 2.41. The minimum absolute atomic E-state index is 0.556. The van der Waals surface area contributed by atoms with Crippen molar-refractivity contribution < 1.29 is 8.42 Å². The van der Waals surface area contributed by atoms with Gasteiger partial charge in [0.15, 0.2) is 0 Å². The number of anilines is 2. The fourth-order valence-electron chi connectivity index (χ4n) is 1.87. The van der Waals surface area contributed by atoms with Gasteiger partial charge in [-0.25, -0.2) is 8.42 Å². The van der Waals surface area contributed by atoms with Gasteiger partial charge in [0.2, 0.25) is 10.0 Å². The fraction of sp³-hybridized carbons (Fsp3) is 0.200. The van der Waals surface area contributed by atoms with E-state index in [4.69, 9.17) is 11.6 Å². The van der Waals surface area contributed by atoms with E-state index in [0.717, 1.165) is 29.9 Å². The van der Waals surface area contributed by atoms with E-state index in [2.05, 4.69) is 10.0 Å². The van der Waals surface area contributed by atoms with Crippen LogP contribution in [-0.4, -0.2) is 21.2 Å². The van der Waals surface area contributed by atoms with E-state index < -0.39 is 10.0 Å². The Kier molecular flexibility index (Phi) is 5.09. The van der Waals surface area contributed by atoms with Crippen molar-refractivity contribution in [1.82, 2.24) is 0 Å². The maximum absolute atomic E-state index is 11.1. The summed E-state index contributed by atoms with van der Waals surface area (Å²) in [6.45, 7) is 0.792. The molecule has 0 atom stereocenters. The van der Waals surface area contributed by atoms with Crippen molar-refractivity contribution in [2.24, 2.45) is 0 Å². The van der Waals surface area contributed by atoms with Crippen molar-refractivity contribution in [3.05, 3.63) is 59.1 Å². The lowest BCUT2D eigenvalue weighted by Gasteiger charge is -2.08. The number of hydrogen-bond acceptors (Lipinski definition) is 3. The second-order valence-corrected chi connectivity index (χ2v) is 6.94. The number of nitrogens with one attached hydrogen (secondary N) is 2. The van der Waals surface area contributed by atoms with Crippen LogP contribution in [0.25, 0.3) is 0 Å². The second kappa shape index (κ2) is 6.83. The third kappa shape index (κ3) is 5.65. The molecule has 0 radical (unpaired) electrons. The van der Waals surface area contributed by atoms with Gasteiger partial charge in [-0.2, -0.15) is 0 Å². The summed E-state index contributed by atoms with van der Waals surface area (Å²) in [4.78, 5) is 0. The van der Waals surface area contributed by atoms with E-state index in [1.807, 2.05) is 36.4 Å². The summed E-state index contributed by atoms with van der Waals surface area (Å²) < 4.78 is 24.6. The van der Waals surface area contributed by atoms with Crippen molar-refractivity contribution in [1.29, 1.82) is 0 Å². The van der Waals surface area contributed by atoms with Gasteiger partial charge in [0.05, 0.1) is 6.26 Å². The molecule has 2 aromatic rings. The van der Waals surface area contributed by atoms with Crippen LogP contribution in [0.3, 0.4) is 0 Å². The molecule has 0 aliphatic carbocycles. The van der Waals surface area contributed by atoms with E-state index in [1.54, 1.807) is 12.1 Å². The van der Waals surface area contributed by atoms with E-state index in [0.29, 0.717) is 5.69 Å². The number of hydrogen-bond donors (Lipinski definition) is 2. The first kappa shape index (κ1) is 15.7. The molecule has 0 aliphatic rings. The molecule has 0 saturated carbocycles. The van der Waals surface area contributed by atoms with Crippen LogP contribution in [0.5, 0.6) is 0 Å². The van der Waals surface area contributed by atoms with Gasteiger partial charge in [0.1, 0.15) is 0 Å². The smallest absolute Gasteiger partial charge is 0.229 e. The van der Waals surface area contributed by atoms with E-state index in [9.17, 15) is 8.42 Å². The summed E-state index contributed by atoms with van der Waals surface area (Å²) in [7, 11) is -3.23. The van der Waals surface area contributed by atoms with Crippen molar-refractivity contribution >= 4 is 33.0 Å². The minimum atomic E-state index is -3.23. The molecule has 0 unspecified atom stereocenters. The van der Waals surface area contributed by atoms with Gasteiger partial charge in [-0.15, -0.1) is 0 Å². The summed E-state index contributed by atoms with van der Waals surface area (Å²) in [5.74, 6) is 0. The van der Waals surface area contributed by atoms with Gasteiger partial charge in [0, 0.05) is 22.9 Å². The molecule has 0 amide bonds. The maximum Gasteiger partial charge on any atom is 0.229 e. The number of sulfonamides is 1. The maximum atomic E-state index is 11.1. The van der Waals surface area contributed by atoms with Crippen molar-refractivity contribution in [3.8, 4) is 0 Å². The Bertz CT molecular complexity index is 683. The second-order valence-electron chi connectivity index (χ2n) is 4.75. The number of benzene rings is 2. The lowest BCUT2D eigenvalue weighted by molar-refractivity contribution is 0.607. The predicted octanol–water partition coefficient (Wildman–Crippen LogP) is 3.37. The minimum Gasteiger partial charge on any atom is -0.385 e. The molecule has 0 heterocycles. The molecule has 21 heavy (non-hydrogen) atoms. The Hall–Kier alpha value is -1.72. The van der Waals surface area contributed by atoms with Crippen LogP contribution >= 0.6 is 11.6 Å². The molecule has 0 aromatic heterocycles. The summed E-state index contributed by atoms with van der Waals surface area (Å²) >= 11 is 5.84. The highest BCUT2D eigenvalue weighted by Crippen LogP contribution is 2.15. The zero-order valence-electron chi connectivity index (χ0n) is 11.6. The van der Waals surface area contributed by atoms with E-state index >= 15 is 0 Å². The first-order valence-corrected chi connectivity index (χ1v) is 8.75. The number of rotatable bonds is 6. The lowest BCUT2D eigenvalue weighted by Crippen LogP contribution is -2.09. The van der Waals surface area contributed by atoms with Crippen LogP contribution in [-0.2, 0) is 16.4 Å². The molecular weight excluding hydrogens is 308 g/mol. The molecule has 4 nitrogen and oxygen atoms in total. The molecule has 0 bridgehead atoms. The third-order valence-electron chi connectivity index (χ3n) is 2.84. The Morgan fingerprint density at radius 2 is 1.52 bits per heavy atom. The zero-order chi connectivity index (χ0) is 15.3. The highest BCUT2D eigenvalue weighted by Gasteiger charge is 2.01. The van der Waals surface area contributed by atoms with Crippen LogP contribution < -0.4 is 10.0 Å². The molecule has 2 aromatic carbocycles. The Labute approximate surface area is 130 Å². The highest BCUT2D eigenvalue weighted by atomic mass is 35.5. The van der Waals surface area contributed by atoms with Gasteiger partial charge in [-0.05, 0) is 48.4 Å². The lowest BCUT2D eigenvalue weighted by atomic mass is 10.1. The molecule has 2 N–H and O–H groups in total. The van der Waals surface area contributed by atoms with Crippen LogP contribution in [0.1, 0.15) is 5.56 Å². The molecule has 0 spiro atoms. The normalized spacial score (nSPS) is 11.1. The molecule has 2 rings (SSSR count). The topological polar surface area (TPSA) is 58.2 Å². The Morgan fingerprint density at radius 1 is 0.952 bits per heavy atom. The van der Waals surface area contributed by atoms with Crippen LogP contribution in [0.15, 0.2) is 48.5 Å². The van der Waals surface area contributed by atoms with Crippen molar-refractivity contribution in [2.45, 2.75) is 6.42 Å². The van der Waals surface area contributed by atoms with Gasteiger partial charge < -0.3 is 5.32 Å². The third-order valence-corrected chi connectivity index (χ3v) is 3.70. The van der Waals surface area contributed by atoms with Gasteiger partial charge in [-0.3, -0.25) is 4.72 Å². The number of halogens is 1. The highest BCUT2D eigenvalue weighted by molar-refractivity contribution is 7.92. The quantitative estimate of drug-likeness (QED) is 0.856. The first-order chi connectivity index (χ1) is 9.92. The average molecular weight is 325 g/mol. The van der Waals surface area contributed by atoms with Crippen LogP contribution in [0, 0.1) is 0 Å². The van der Waals surface area contributed by atoms with Gasteiger partial charge in [-0.1, -0.05) is 23.7 Å². The predicted molar refractivity (Wildman–Crippen MR) is 88.6 cm³/mol. The fourth-order valence-corrected chi connectivity index (χ4v) is 2.56. The summed E-state index contributed by atoms with van der Waals surface area (Å²) in [5, 5.41) is 4.02. The molecular formula is C15H17ClN2O2S. The molecule has 0 fully saturated rings. The molecule has 112 valence electrons. The van der Waals surface area contributed by atoms with Crippen molar-refractivity contribution in [2.75, 3.05) is 22.8 Å². The Balaban J connectivity index is 1.85. The van der Waals surface area contributed by atoms with Crippen LogP contribution in [0.4, 0.5) is 11.4 Å². The summed E-state index contributed by atoms with van der Waals surface area (Å²) in [6, 6.07) is 14.9. The summed E-state index contributed by atoms with van der Waals surface area (Å²) in [5.41, 5.74) is 2.71. The zero-order valence-corrected chi connectivity index (χ0v) is 13.2. The standard InChI is InChI=1S/C15H17ClN2O2S/c1-21(19,20)18-15-8-6-14(7-9-15)17-11-10-12-2-4-13(16)5-3-12/h2-9,17-18H,10-11H2,1H3.